The summed E-state index contributed by atoms with van der Waals surface area (Å²) in [6, 6.07) is 14.1. The molecule has 0 bridgehead atoms. The first-order chi connectivity index (χ1) is 11.5. The number of carboxylic acids is 1. The molecule has 0 aliphatic heterocycles. The van der Waals surface area contributed by atoms with Gasteiger partial charge in [-0.15, -0.1) is 0 Å². The van der Waals surface area contributed by atoms with Gasteiger partial charge in [-0.3, -0.25) is 4.79 Å². The summed E-state index contributed by atoms with van der Waals surface area (Å²) >= 11 is 0. The standard InChI is InChI=1S/C19H22N2O3/c1-3-21(4-2)18(22)15-8-10-17(11-9-15)20-13-14-6-5-7-16(12-14)19(23)24/h5-12,20H,3-4,13H2,1-2H3,(H,23,24). The number of anilines is 1. The van der Waals surface area contributed by atoms with Crippen LogP contribution in [0, 0.1) is 0 Å². The molecule has 0 aromatic heterocycles. The molecule has 0 saturated carbocycles. The van der Waals surface area contributed by atoms with Crippen LogP contribution in [0.3, 0.4) is 0 Å². The SMILES string of the molecule is CCN(CC)C(=O)c1ccc(NCc2cccc(C(=O)O)c2)cc1. The van der Waals surface area contributed by atoms with Crippen LogP contribution < -0.4 is 5.32 Å². The predicted octanol–water partition coefficient (Wildman–Crippen LogP) is 3.48. The van der Waals surface area contributed by atoms with Crippen LogP contribution in [0.15, 0.2) is 48.5 Å². The number of nitrogens with one attached hydrogen (secondary N) is 1. The van der Waals surface area contributed by atoms with Crippen LogP contribution >= 0.6 is 0 Å². The summed E-state index contributed by atoms with van der Waals surface area (Å²) in [5.41, 5.74) is 2.71. The lowest BCUT2D eigenvalue weighted by Gasteiger charge is -2.18. The Labute approximate surface area is 141 Å². The molecule has 5 nitrogen and oxygen atoms in total. The Kier molecular flexibility index (Phi) is 5.95. The number of carbonyl (C=O) groups is 2. The highest BCUT2D eigenvalue weighted by molar-refractivity contribution is 5.94. The van der Waals surface area contributed by atoms with Gasteiger partial charge in [0.25, 0.3) is 5.91 Å². The average molecular weight is 326 g/mol. The first-order valence-electron chi connectivity index (χ1n) is 8.00. The van der Waals surface area contributed by atoms with Crippen molar-refractivity contribution in [3.63, 3.8) is 0 Å². The third kappa shape index (κ3) is 4.35. The summed E-state index contributed by atoms with van der Waals surface area (Å²) in [6.07, 6.45) is 0. The van der Waals surface area contributed by atoms with Gasteiger partial charge in [0, 0.05) is 30.9 Å². The quantitative estimate of drug-likeness (QED) is 0.817. The Bertz CT molecular complexity index is 707. The summed E-state index contributed by atoms with van der Waals surface area (Å²) in [5, 5.41) is 12.2. The number of hydrogen-bond donors (Lipinski definition) is 2. The van der Waals surface area contributed by atoms with E-state index in [0.717, 1.165) is 11.3 Å². The summed E-state index contributed by atoms with van der Waals surface area (Å²) in [6.45, 7) is 5.82. The van der Waals surface area contributed by atoms with Crippen molar-refractivity contribution in [1.82, 2.24) is 4.90 Å². The van der Waals surface area contributed by atoms with Crippen molar-refractivity contribution < 1.29 is 14.7 Å². The first kappa shape index (κ1) is 17.5. The lowest BCUT2D eigenvalue weighted by molar-refractivity contribution is 0.0695. The number of carboxylic acid groups (broad SMARTS) is 1. The van der Waals surface area contributed by atoms with Crippen LogP contribution in [-0.4, -0.2) is 35.0 Å². The maximum atomic E-state index is 12.2. The average Bonchev–Trinajstić information content (AvgIpc) is 2.61. The molecule has 0 saturated heterocycles. The molecule has 2 aromatic rings. The summed E-state index contributed by atoms with van der Waals surface area (Å²) in [4.78, 5) is 25.0. The smallest absolute Gasteiger partial charge is 0.335 e. The molecule has 0 spiro atoms. The van der Waals surface area contributed by atoms with Crippen molar-refractivity contribution >= 4 is 17.6 Å². The molecule has 2 rings (SSSR count). The highest BCUT2D eigenvalue weighted by atomic mass is 16.4. The van der Waals surface area contributed by atoms with Crippen LogP contribution in [-0.2, 0) is 6.54 Å². The number of benzene rings is 2. The third-order valence-electron chi connectivity index (χ3n) is 3.85. The summed E-state index contributed by atoms with van der Waals surface area (Å²) in [5.74, 6) is -0.906. The van der Waals surface area contributed by atoms with Crippen molar-refractivity contribution in [2.24, 2.45) is 0 Å². The third-order valence-corrected chi connectivity index (χ3v) is 3.85. The molecule has 0 aliphatic rings. The Hall–Kier alpha value is -2.82. The predicted molar refractivity (Wildman–Crippen MR) is 94.4 cm³/mol. The van der Waals surface area contributed by atoms with Crippen molar-refractivity contribution in [3.05, 3.63) is 65.2 Å². The molecule has 0 aliphatic carbocycles. The van der Waals surface area contributed by atoms with E-state index >= 15 is 0 Å². The van der Waals surface area contributed by atoms with Gasteiger partial charge in [0.1, 0.15) is 0 Å². The van der Waals surface area contributed by atoms with E-state index in [4.69, 9.17) is 5.11 Å². The molecule has 0 unspecified atom stereocenters. The van der Waals surface area contributed by atoms with Gasteiger partial charge in [-0.05, 0) is 55.8 Å². The molecule has 0 fully saturated rings. The van der Waals surface area contributed by atoms with E-state index in [9.17, 15) is 9.59 Å². The normalized spacial score (nSPS) is 10.2. The number of aromatic carboxylic acids is 1. The highest BCUT2D eigenvalue weighted by Gasteiger charge is 2.11. The molecule has 2 aromatic carbocycles. The lowest BCUT2D eigenvalue weighted by Crippen LogP contribution is -2.30. The maximum Gasteiger partial charge on any atom is 0.335 e. The zero-order chi connectivity index (χ0) is 17.5. The van der Waals surface area contributed by atoms with Crippen molar-refractivity contribution in [1.29, 1.82) is 0 Å². The number of amides is 1. The van der Waals surface area contributed by atoms with Crippen LogP contribution in [0.2, 0.25) is 0 Å². The van der Waals surface area contributed by atoms with Gasteiger partial charge in [0.15, 0.2) is 0 Å². The molecule has 1 amide bonds. The molecule has 5 heteroatoms. The van der Waals surface area contributed by atoms with Crippen molar-refractivity contribution in [2.75, 3.05) is 18.4 Å². The Morgan fingerprint density at radius 2 is 1.67 bits per heavy atom. The topological polar surface area (TPSA) is 69.6 Å². The molecule has 24 heavy (non-hydrogen) atoms. The molecule has 2 N–H and O–H groups in total. The lowest BCUT2D eigenvalue weighted by atomic mass is 10.1. The second-order valence-electron chi connectivity index (χ2n) is 5.41. The zero-order valence-electron chi connectivity index (χ0n) is 14.0. The summed E-state index contributed by atoms with van der Waals surface area (Å²) in [7, 11) is 0. The van der Waals surface area contributed by atoms with Gasteiger partial charge in [-0.2, -0.15) is 0 Å². The van der Waals surface area contributed by atoms with Crippen LogP contribution in [0.25, 0.3) is 0 Å². The van der Waals surface area contributed by atoms with E-state index in [2.05, 4.69) is 5.32 Å². The van der Waals surface area contributed by atoms with E-state index in [-0.39, 0.29) is 11.5 Å². The number of hydrogen-bond acceptors (Lipinski definition) is 3. The molecular weight excluding hydrogens is 304 g/mol. The van der Waals surface area contributed by atoms with Crippen molar-refractivity contribution in [2.45, 2.75) is 20.4 Å². The van der Waals surface area contributed by atoms with Crippen LogP contribution in [0.4, 0.5) is 5.69 Å². The molecule has 126 valence electrons. The first-order valence-corrected chi connectivity index (χ1v) is 8.00. The minimum Gasteiger partial charge on any atom is -0.478 e. The van der Waals surface area contributed by atoms with Gasteiger partial charge in [0.2, 0.25) is 0 Å². The highest BCUT2D eigenvalue weighted by Crippen LogP contribution is 2.14. The zero-order valence-corrected chi connectivity index (χ0v) is 14.0. The summed E-state index contributed by atoms with van der Waals surface area (Å²) < 4.78 is 0. The monoisotopic (exact) mass is 326 g/mol. The van der Waals surface area contributed by atoms with Crippen LogP contribution in [0.1, 0.15) is 40.1 Å². The number of carbonyl (C=O) groups excluding carboxylic acids is 1. The molecule has 0 atom stereocenters. The van der Waals surface area contributed by atoms with Gasteiger partial charge in [-0.1, -0.05) is 12.1 Å². The fourth-order valence-corrected chi connectivity index (χ4v) is 2.44. The second kappa shape index (κ2) is 8.15. The van der Waals surface area contributed by atoms with E-state index in [1.807, 2.05) is 32.0 Å². The maximum absolute atomic E-state index is 12.2. The Morgan fingerprint density at radius 3 is 2.25 bits per heavy atom. The second-order valence-corrected chi connectivity index (χ2v) is 5.41. The fourth-order valence-electron chi connectivity index (χ4n) is 2.44. The molecule has 0 radical (unpaired) electrons. The minimum atomic E-state index is -0.934. The van der Waals surface area contributed by atoms with Gasteiger partial charge >= 0.3 is 5.97 Å². The number of rotatable bonds is 7. The van der Waals surface area contributed by atoms with E-state index in [0.29, 0.717) is 25.2 Å². The minimum absolute atomic E-state index is 0.0284. The molecule has 0 heterocycles. The Morgan fingerprint density at radius 1 is 1.00 bits per heavy atom. The Balaban J connectivity index is 2.00. The van der Waals surface area contributed by atoms with Crippen molar-refractivity contribution in [3.8, 4) is 0 Å². The fraction of sp³-hybridized carbons (Fsp3) is 0.263. The van der Waals surface area contributed by atoms with Gasteiger partial charge in [-0.25, -0.2) is 4.79 Å². The molecular formula is C19H22N2O3. The van der Waals surface area contributed by atoms with E-state index in [1.54, 1.807) is 35.2 Å². The van der Waals surface area contributed by atoms with Crippen LogP contribution in [0.5, 0.6) is 0 Å². The van der Waals surface area contributed by atoms with E-state index in [1.165, 1.54) is 0 Å². The number of nitrogens with zero attached hydrogens (tertiary/aromatic N) is 1. The van der Waals surface area contributed by atoms with E-state index < -0.39 is 5.97 Å². The van der Waals surface area contributed by atoms with Gasteiger partial charge < -0.3 is 15.3 Å². The van der Waals surface area contributed by atoms with Gasteiger partial charge in [0.05, 0.1) is 5.56 Å². The largest absolute Gasteiger partial charge is 0.478 e.